The van der Waals surface area contributed by atoms with Gasteiger partial charge in [-0.3, -0.25) is 4.79 Å². The monoisotopic (exact) mass is 184 g/mol. The van der Waals surface area contributed by atoms with Gasteiger partial charge in [-0.15, -0.1) is 0 Å². The first-order chi connectivity index (χ1) is 6.39. The Bertz CT molecular complexity index is 129. The van der Waals surface area contributed by atoms with Gasteiger partial charge in [-0.05, 0) is 25.7 Å². The molecular weight excluding hydrogens is 164 g/mol. The van der Waals surface area contributed by atoms with Gasteiger partial charge in [-0.2, -0.15) is 0 Å². The number of ether oxygens (including phenoxy) is 1. The van der Waals surface area contributed by atoms with Crippen molar-refractivity contribution in [1.29, 1.82) is 0 Å². The molecule has 0 aromatic heterocycles. The lowest BCUT2D eigenvalue weighted by Gasteiger charge is -2.06. The van der Waals surface area contributed by atoms with Crippen molar-refractivity contribution >= 4 is 5.78 Å². The minimum atomic E-state index is 0.460. The zero-order chi connectivity index (χ0) is 9.36. The van der Waals surface area contributed by atoms with E-state index in [4.69, 9.17) is 4.74 Å². The van der Waals surface area contributed by atoms with Crippen molar-refractivity contribution in [2.24, 2.45) is 0 Å². The van der Waals surface area contributed by atoms with Crippen molar-refractivity contribution < 1.29 is 9.53 Å². The van der Waals surface area contributed by atoms with E-state index in [1.54, 1.807) is 0 Å². The summed E-state index contributed by atoms with van der Waals surface area (Å²) in [5, 5.41) is 0. The molecule has 1 rings (SSSR count). The minimum Gasteiger partial charge on any atom is -0.381 e. The van der Waals surface area contributed by atoms with Gasteiger partial charge in [0.15, 0.2) is 0 Å². The van der Waals surface area contributed by atoms with Gasteiger partial charge >= 0.3 is 0 Å². The first kappa shape index (κ1) is 10.7. The summed E-state index contributed by atoms with van der Waals surface area (Å²) < 4.78 is 5.45. The van der Waals surface area contributed by atoms with Crippen molar-refractivity contribution in [3.8, 4) is 0 Å². The van der Waals surface area contributed by atoms with Crippen LogP contribution >= 0.6 is 0 Å². The van der Waals surface area contributed by atoms with Crippen LogP contribution in [-0.2, 0) is 9.53 Å². The maximum Gasteiger partial charge on any atom is 0.132 e. The van der Waals surface area contributed by atoms with E-state index in [-0.39, 0.29) is 0 Å². The van der Waals surface area contributed by atoms with Crippen LogP contribution in [0.2, 0.25) is 0 Å². The number of hydrogen-bond donors (Lipinski definition) is 0. The largest absolute Gasteiger partial charge is 0.381 e. The number of ketones is 1. The molecule has 0 unspecified atom stereocenters. The van der Waals surface area contributed by atoms with Crippen molar-refractivity contribution in [1.82, 2.24) is 0 Å². The molecule has 1 aliphatic heterocycles. The Morgan fingerprint density at radius 3 is 1.85 bits per heavy atom. The third kappa shape index (κ3) is 5.81. The first-order valence-electron chi connectivity index (χ1n) is 5.49. The van der Waals surface area contributed by atoms with Crippen molar-refractivity contribution in [3.63, 3.8) is 0 Å². The molecule has 0 aromatic carbocycles. The molecule has 0 aliphatic carbocycles. The highest BCUT2D eigenvalue weighted by Gasteiger charge is 2.02. The van der Waals surface area contributed by atoms with Gasteiger partial charge in [0, 0.05) is 26.1 Å². The smallest absolute Gasteiger partial charge is 0.132 e. The van der Waals surface area contributed by atoms with Gasteiger partial charge < -0.3 is 4.74 Å². The van der Waals surface area contributed by atoms with Crippen molar-refractivity contribution in [2.45, 2.75) is 51.4 Å². The molecule has 76 valence electrons. The molecule has 0 radical (unpaired) electrons. The Labute approximate surface area is 80.7 Å². The van der Waals surface area contributed by atoms with Crippen LogP contribution in [0.15, 0.2) is 0 Å². The van der Waals surface area contributed by atoms with Gasteiger partial charge in [0.25, 0.3) is 0 Å². The number of Topliss-reactive ketones (excluding diaryl/α,β-unsaturated/α-hetero) is 1. The van der Waals surface area contributed by atoms with E-state index in [1.807, 2.05) is 0 Å². The number of carbonyl (C=O) groups is 1. The summed E-state index contributed by atoms with van der Waals surface area (Å²) >= 11 is 0. The van der Waals surface area contributed by atoms with E-state index in [9.17, 15) is 4.79 Å². The standard InChI is InChI=1S/C11H20O2/c12-11-7-3-1-5-9-13-10-6-2-4-8-11/h1-10H2. The average Bonchev–Trinajstić information content (AvgIpc) is 2.11. The maximum atomic E-state index is 11.3. The average molecular weight is 184 g/mol. The van der Waals surface area contributed by atoms with E-state index >= 15 is 0 Å². The molecule has 2 nitrogen and oxygen atoms in total. The minimum absolute atomic E-state index is 0.460. The zero-order valence-corrected chi connectivity index (χ0v) is 8.39. The second-order valence-electron chi connectivity index (χ2n) is 3.77. The molecule has 0 N–H and O–H groups in total. The summed E-state index contributed by atoms with van der Waals surface area (Å²) in [4.78, 5) is 11.3. The SMILES string of the molecule is O=C1CCCCCOCCCCC1. The molecule has 0 amide bonds. The summed E-state index contributed by atoms with van der Waals surface area (Å²) in [5.41, 5.74) is 0. The Hall–Kier alpha value is -0.370. The number of carbonyl (C=O) groups excluding carboxylic acids is 1. The van der Waals surface area contributed by atoms with E-state index in [0.717, 1.165) is 64.6 Å². The van der Waals surface area contributed by atoms with E-state index < -0.39 is 0 Å². The lowest BCUT2D eigenvalue weighted by molar-refractivity contribution is -0.119. The molecule has 0 spiro atoms. The molecule has 0 bridgehead atoms. The molecule has 13 heavy (non-hydrogen) atoms. The van der Waals surface area contributed by atoms with E-state index in [1.165, 1.54) is 0 Å². The third-order valence-electron chi connectivity index (χ3n) is 2.49. The van der Waals surface area contributed by atoms with Crippen LogP contribution in [0, 0.1) is 0 Å². The molecule has 0 aromatic rings. The number of hydrogen-bond acceptors (Lipinski definition) is 2. The fourth-order valence-electron chi connectivity index (χ4n) is 1.63. The van der Waals surface area contributed by atoms with Crippen LogP contribution in [0.1, 0.15) is 51.4 Å². The van der Waals surface area contributed by atoms with Crippen LogP contribution in [0.4, 0.5) is 0 Å². The molecule has 1 heterocycles. The molecule has 1 fully saturated rings. The third-order valence-corrected chi connectivity index (χ3v) is 2.49. The Morgan fingerprint density at radius 1 is 0.769 bits per heavy atom. The zero-order valence-electron chi connectivity index (χ0n) is 8.39. The van der Waals surface area contributed by atoms with Crippen LogP contribution in [0.25, 0.3) is 0 Å². The molecule has 0 atom stereocenters. The molecule has 2 heteroatoms. The highest BCUT2D eigenvalue weighted by molar-refractivity contribution is 5.78. The summed E-state index contributed by atoms with van der Waals surface area (Å²) in [5.74, 6) is 0.460. The molecule has 1 saturated heterocycles. The molecule has 0 saturated carbocycles. The van der Waals surface area contributed by atoms with Gasteiger partial charge in [0.1, 0.15) is 5.78 Å². The van der Waals surface area contributed by atoms with Crippen molar-refractivity contribution in [3.05, 3.63) is 0 Å². The van der Waals surface area contributed by atoms with Crippen LogP contribution < -0.4 is 0 Å². The Kier molecular flexibility index (Phi) is 5.83. The molecular formula is C11H20O2. The van der Waals surface area contributed by atoms with E-state index in [2.05, 4.69) is 0 Å². The fraction of sp³-hybridized carbons (Fsp3) is 0.909. The summed E-state index contributed by atoms with van der Waals surface area (Å²) in [7, 11) is 0. The highest BCUT2D eigenvalue weighted by atomic mass is 16.5. The second kappa shape index (κ2) is 7.07. The highest BCUT2D eigenvalue weighted by Crippen LogP contribution is 2.08. The van der Waals surface area contributed by atoms with Gasteiger partial charge in [-0.1, -0.05) is 12.8 Å². The first-order valence-corrected chi connectivity index (χ1v) is 5.49. The van der Waals surface area contributed by atoms with Gasteiger partial charge in [0.05, 0.1) is 0 Å². The summed E-state index contributed by atoms with van der Waals surface area (Å²) in [6.07, 6.45) is 8.22. The second-order valence-corrected chi connectivity index (χ2v) is 3.77. The topological polar surface area (TPSA) is 26.3 Å². The maximum absolute atomic E-state index is 11.3. The Balaban J connectivity index is 2.14. The van der Waals surface area contributed by atoms with Gasteiger partial charge in [-0.25, -0.2) is 0 Å². The van der Waals surface area contributed by atoms with Crippen LogP contribution in [0.3, 0.4) is 0 Å². The summed E-state index contributed by atoms with van der Waals surface area (Å²) in [6.45, 7) is 1.77. The van der Waals surface area contributed by atoms with Crippen LogP contribution in [-0.4, -0.2) is 19.0 Å². The fourth-order valence-corrected chi connectivity index (χ4v) is 1.63. The predicted octanol–water partition coefficient (Wildman–Crippen LogP) is 2.71. The molecule has 1 aliphatic rings. The van der Waals surface area contributed by atoms with Crippen LogP contribution in [0.5, 0.6) is 0 Å². The normalized spacial score (nSPS) is 23.2. The lowest BCUT2D eigenvalue weighted by Crippen LogP contribution is -2.02. The van der Waals surface area contributed by atoms with Gasteiger partial charge in [0.2, 0.25) is 0 Å². The lowest BCUT2D eigenvalue weighted by atomic mass is 10.1. The quantitative estimate of drug-likeness (QED) is 0.578. The summed E-state index contributed by atoms with van der Waals surface area (Å²) in [6, 6.07) is 0. The van der Waals surface area contributed by atoms with E-state index in [0.29, 0.717) is 5.78 Å². The predicted molar refractivity (Wildman–Crippen MR) is 52.8 cm³/mol. The Morgan fingerprint density at radius 2 is 1.31 bits per heavy atom. The number of rotatable bonds is 0. The van der Waals surface area contributed by atoms with Crippen molar-refractivity contribution in [2.75, 3.05) is 13.2 Å².